The average molecular weight is 386 g/mol. The fraction of sp³-hybridized carbons (Fsp3) is 0.524. The van der Waals surface area contributed by atoms with Crippen LogP contribution >= 0.6 is 0 Å². The first-order valence-corrected chi connectivity index (χ1v) is 10.1. The lowest BCUT2D eigenvalue weighted by Gasteiger charge is -2.21. The molecular weight excluding hydrogens is 359 g/mol. The van der Waals surface area contributed by atoms with Gasteiger partial charge in [-0.2, -0.15) is 5.10 Å². The zero-order valence-corrected chi connectivity index (χ0v) is 16.2. The summed E-state index contributed by atoms with van der Waals surface area (Å²) in [5, 5.41) is 10.2. The van der Waals surface area contributed by atoms with Gasteiger partial charge < -0.3 is 15.4 Å². The summed E-state index contributed by atoms with van der Waals surface area (Å²) in [6, 6.07) is 4.67. The molecule has 28 heavy (non-hydrogen) atoms. The molecule has 2 aliphatic rings. The van der Waals surface area contributed by atoms with Gasteiger partial charge in [-0.3, -0.25) is 4.68 Å². The van der Waals surface area contributed by atoms with Gasteiger partial charge in [0.05, 0.1) is 17.5 Å². The molecule has 1 aromatic carbocycles. The van der Waals surface area contributed by atoms with Crippen LogP contribution in [0.25, 0.3) is 0 Å². The van der Waals surface area contributed by atoms with Crippen molar-refractivity contribution < 1.29 is 13.9 Å². The van der Waals surface area contributed by atoms with E-state index < -0.39 is 5.82 Å². The van der Waals surface area contributed by atoms with Crippen LogP contribution in [-0.2, 0) is 13.6 Å². The summed E-state index contributed by atoms with van der Waals surface area (Å²) >= 11 is 0. The number of ether oxygens (including phenoxy) is 1. The summed E-state index contributed by atoms with van der Waals surface area (Å²) in [6.45, 7) is 0.0958. The van der Waals surface area contributed by atoms with Crippen LogP contribution in [0.15, 0.2) is 24.4 Å². The molecule has 0 bridgehead atoms. The third-order valence-electron chi connectivity index (χ3n) is 5.40. The summed E-state index contributed by atoms with van der Waals surface area (Å²) in [4.78, 5) is 12.4. The van der Waals surface area contributed by atoms with Crippen molar-refractivity contribution in [3.63, 3.8) is 0 Å². The Kier molecular flexibility index (Phi) is 5.50. The maximum Gasteiger partial charge on any atom is 0.319 e. The molecule has 2 amide bonds. The molecule has 0 atom stereocenters. The van der Waals surface area contributed by atoms with Crippen molar-refractivity contribution in [2.75, 3.05) is 5.32 Å². The fourth-order valence-electron chi connectivity index (χ4n) is 3.77. The van der Waals surface area contributed by atoms with E-state index in [4.69, 9.17) is 4.74 Å². The van der Waals surface area contributed by atoms with E-state index in [0.717, 1.165) is 37.1 Å². The number of anilines is 1. The third kappa shape index (κ3) is 4.46. The van der Waals surface area contributed by atoms with E-state index >= 15 is 0 Å². The summed E-state index contributed by atoms with van der Waals surface area (Å²) in [6.07, 6.45) is 9.77. The van der Waals surface area contributed by atoms with Crippen LogP contribution in [0.5, 0.6) is 5.75 Å². The smallest absolute Gasteiger partial charge is 0.319 e. The molecule has 2 aromatic rings. The van der Waals surface area contributed by atoms with Crippen LogP contribution in [-0.4, -0.2) is 21.9 Å². The van der Waals surface area contributed by atoms with Crippen LogP contribution in [0.3, 0.4) is 0 Å². The molecule has 0 aliphatic heterocycles. The number of benzene rings is 1. The van der Waals surface area contributed by atoms with Crippen LogP contribution in [0.1, 0.15) is 62.1 Å². The Labute approximate surface area is 164 Å². The lowest BCUT2D eigenvalue weighted by molar-refractivity contribution is 0.251. The summed E-state index contributed by atoms with van der Waals surface area (Å²) < 4.78 is 21.8. The van der Waals surface area contributed by atoms with E-state index in [1.807, 2.05) is 13.2 Å². The Morgan fingerprint density at radius 2 is 2.04 bits per heavy atom. The van der Waals surface area contributed by atoms with E-state index in [2.05, 4.69) is 15.7 Å². The summed E-state index contributed by atoms with van der Waals surface area (Å²) in [5.41, 5.74) is 2.09. The molecule has 0 saturated heterocycles. The highest BCUT2D eigenvalue weighted by atomic mass is 19.1. The largest absolute Gasteiger partial charge is 0.487 e. The molecule has 2 fully saturated rings. The Balaban J connectivity index is 1.37. The first-order valence-electron chi connectivity index (χ1n) is 10.1. The molecule has 0 spiro atoms. The molecule has 2 saturated carbocycles. The van der Waals surface area contributed by atoms with Crippen LogP contribution in [0, 0.1) is 5.82 Å². The Hall–Kier alpha value is -2.57. The van der Waals surface area contributed by atoms with Crippen molar-refractivity contribution >= 4 is 11.7 Å². The second-order valence-corrected chi connectivity index (χ2v) is 7.79. The molecule has 4 rings (SSSR count). The number of rotatable bonds is 6. The summed E-state index contributed by atoms with van der Waals surface area (Å²) in [7, 11) is 1.86. The SMILES string of the molecule is Cn1cc(NC(=O)NCc2cccc(OC3CC3)c2F)c(C2CCCCC2)n1. The number of nitrogens with zero attached hydrogens (tertiary/aromatic N) is 2. The zero-order chi connectivity index (χ0) is 19.5. The van der Waals surface area contributed by atoms with Gasteiger partial charge in [0.1, 0.15) is 0 Å². The average Bonchev–Trinajstić information content (AvgIpc) is 3.44. The number of aryl methyl sites for hydroxylation is 1. The quantitative estimate of drug-likeness (QED) is 0.770. The fourth-order valence-corrected chi connectivity index (χ4v) is 3.77. The number of amides is 2. The number of urea groups is 1. The van der Waals surface area contributed by atoms with Gasteiger partial charge in [0, 0.05) is 31.3 Å². The number of aromatic nitrogens is 2. The second kappa shape index (κ2) is 8.20. The Morgan fingerprint density at radius 3 is 2.79 bits per heavy atom. The van der Waals surface area contributed by atoms with Crippen LogP contribution < -0.4 is 15.4 Å². The van der Waals surface area contributed by atoms with Crippen molar-refractivity contribution in [2.24, 2.45) is 7.05 Å². The van der Waals surface area contributed by atoms with Gasteiger partial charge in [0.15, 0.2) is 11.6 Å². The first-order chi connectivity index (χ1) is 13.6. The predicted molar refractivity (Wildman–Crippen MR) is 105 cm³/mol. The maximum atomic E-state index is 14.5. The number of halogens is 1. The highest BCUT2D eigenvalue weighted by Gasteiger charge is 2.25. The van der Waals surface area contributed by atoms with Crippen LogP contribution in [0.4, 0.5) is 14.9 Å². The number of carbonyl (C=O) groups excluding carboxylic acids is 1. The van der Waals surface area contributed by atoms with Gasteiger partial charge in [-0.25, -0.2) is 9.18 Å². The molecule has 2 aliphatic carbocycles. The van der Waals surface area contributed by atoms with Gasteiger partial charge in [-0.05, 0) is 31.7 Å². The lowest BCUT2D eigenvalue weighted by Crippen LogP contribution is -2.29. The molecule has 2 N–H and O–H groups in total. The molecule has 1 heterocycles. The number of carbonyl (C=O) groups is 1. The minimum atomic E-state index is -0.404. The number of hydrogen-bond donors (Lipinski definition) is 2. The van der Waals surface area contributed by atoms with Gasteiger partial charge >= 0.3 is 6.03 Å². The molecule has 6 nitrogen and oxygen atoms in total. The lowest BCUT2D eigenvalue weighted by atomic mass is 9.86. The minimum absolute atomic E-state index is 0.0958. The second-order valence-electron chi connectivity index (χ2n) is 7.79. The standard InChI is InChI=1S/C21H27FN4O2/c1-26-13-17(20(25-26)14-6-3-2-4-7-14)24-21(27)23-12-15-8-5-9-18(19(15)22)28-16-10-11-16/h5,8-9,13-14,16H,2-4,6-7,10-12H2,1H3,(H2,23,24,27). The topological polar surface area (TPSA) is 68.2 Å². The molecule has 150 valence electrons. The van der Waals surface area contributed by atoms with Gasteiger partial charge in [-0.1, -0.05) is 31.4 Å². The normalized spacial score (nSPS) is 17.4. The maximum absolute atomic E-state index is 14.5. The van der Waals surface area contributed by atoms with Crippen molar-refractivity contribution in [3.05, 3.63) is 41.5 Å². The minimum Gasteiger partial charge on any atom is -0.487 e. The van der Waals surface area contributed by atoms with Crippen molar-refractivity contribution in [1.82, 2.24) is 15.1 Å². The van der Waals surface area contributed by atoms with Gasteiger partial charge in [0.25, 0.3) is 0 Å². The monoisotopic (exact) mass is 386 g/mol. The predicted octanol–water partition coefficient (Wildman–Crippen LogP) is 4.47. The summed E-state index contributed by atoms with van der Waals surface area (Å²) in [5.74, 6) is 0.243. The van der Waals surface area contributed by atoms with E-state index in [0.29, 0.717) is 11.5 Å². The Bertz CT molecular complexity index is 841. The zero-order valence-electron chi connectivity index (χ0n) is 16.2. The van der Waals surface area contributed by atoms with Crippen molar-refractivity contribution in [2.45, 2.75) is 63.5 Å². The number of hydrogen-bond acceptors (Lipinski definition) is 3. The van der Waals surface area contributed by atoms with Crippen molar-refractivity contribution in [1.29, 1.82) is 0 Å². The van der Waals surface area contributed by atoms with Gasteiger partial charge in [0.2, 0.25) is 0 Å². The van der Waals surface area contributed by atoms with E-state index in [1.165, 1.54) is 19.3 Å². The molecule has 0 unspecified atom stereocenters. The van der Waals surface area contributed by atoms with Crippen LogP contribution in [0.2, 0.25) is 0 Å². The van der Waals surface area contributed by atoms with E-state index in [9.17, 15) is 9.18 Å². The van der Waals surface area contributed by atoms with Crippen molar-refractivity contribution in [3.8, 4) is 5.75 Å². The van der Waals surface area contributed by atoms with E-state index in [-0.39, 0.29) is 24.4 Å². The highest BCUT2D eigenvalue weighted by molar-refractivity contribution is 5.89. The molecule has 7 heteroatoms. The highest BCUT2D eigenvalue weighted by Crippen LogP contribution is 2.35. The molecule has 0 radical (unpaired) electrons. The third-order valence-corrected chi connectivity index (χ3v) is 5.40. The first kappa shape index (κ1) is 18.8. The van der Waals surface area contributed by atoms with Gasteiger partial charge in [-0.15, -0.1) is 0 Å². The number of nitrogens with one attached hydrogen (secondary N) is 2. The molecule has 1 aromatic heterocycles. The Morgan fingerprint density at radius 1 is 1.25 bits per heavy atom. The molecular formula is C21H27FN4O2. The van der Waals surface area contributed by atoms with E-state index in [1.54, 1.807) is 22.9 Å².